The zero-order valence-corrected chi connectivity index (χ0v) is 11.0. The smallest absolute Gasteiger partial charge is 0.128 e. The van der Waals surface area contributed by atoms with E-state index in [1.54, 1.807) is 0 Å². The number of hydrogen-bond donors (Lipinski definition) is 1. The van der Waals surface area contributed by atoms with Crippen molar-refractivity contribution in [2.45, 2.75) is 19.9 Å². The van der Waals surface area contributed by atoms with E-state index in [-0.39, 0.29) is 0 Å². The van der Waals surface area contributed by atoms with E-state index >= 15 is 0 Å². The first-order valence-electron chi connectivity index (χ1n) is 6.31. The molecule has 1 aliphatic heterocycles. The number of likely N-dealkylation sites (N-methyl/N-ethyl adjacent to an activating group) is 1. The standard InChI is InChI=1S/C13H22N4/c1-11(2)15-12-4-5-13(14-10-12)17-8-6-16(3)7-9-17/h4-5,10-11,15H,6-9H2,1-3H3. The summed E-state index contributed by atoms with van der Waals surface area (Å²) < 4.78 is 0. The predicted octanol–water partition coefficient (Wildman–Crippen LogP) is 1.65. The third-order valence-electron chi connectivity index (χ3n) is 3.03. The molecule has 0 amide bonds. The lowest BCUT2D eigenvalue weighted by molar-refractivity contribution is 0.312. The third kappa shape index (κ3) is 3.33. The zero-order chi connectivity index (χ0) is 12.3. The van der Waals surface area contributed by atoms with Crippen molar-refractivity contribution in [2.24, 2.45) is 0 Å². The molecule has 0 saturated carbocycles. The fourth-order valence-electron chi connectivity index (χ4n) is 2.03. The number of aromatic nitrogens is 1. The molecular formula is C13H22N4. The molecule has 1 saturated heterocycles. The van der Waals surface area contributed by atoms with Crippen molar-refractivity contribution < 1.29 is 0 Å². The molecule has 1 aromatic rings. The van der Waals surface area contributed by atoms with E-state index in [1.165, 1.54) is 0 Å². The van der Waals surface area contributed by atoms with Gasteiger partial charge in [-0.15, -0.1) is 0 Å². The van der Waals surface area contributed by atoms with Crippen molar-refractivity contribution in [3.63, 3.8) is 0 Å². The molecule has 2 rings (SSSR count). The topological polar surface area (TPSA) is 31.4 Å². The molecule has 2 heterocycles. The van der Waals surface area contributed by atoms with Gasteiger partial charge in [0.25, 0.3) is 0 Å². The van der Waals surface area contributed by atoms with Crippen LogP contribution < -0.4 is 10.2 Å². The molecule has 1 aromatic heterocycles. The molecule has 0 bridgehead atoms. The minimum atomic E-state index is 0.450. The second-order valence-electron chi connectivity index (χ2n) is 4.99. The van der Waals surface area contributed by atoms with Gasteiger partial charge in [-0.25, -0.2) is 4.98 Å². The predicted molar refractivity (Wildman–Crippen MR) is 72.7 cm³/mol. The Morgan fingerprint density at radius 2 is 1.88 bits per heavy atom. The lowest BCUT2D eigenvalue weighted by Crippen LogP contribution is -2.44. The first kappa shape index (κ1) is 12.2. The van der Waals surface area contributed by atoms with Gasteiger partial charge in [0.2, 0.25) is 0 Å². The lowest BCUT2D eigenvalue weighted by Gasteiger charge is -2.33. The van der Waals surface area contributed by atoms with Crippen LogP contribution >= 0.6 is 0 Å². The molecular weight excluding hydrogens is 212 g/mol. The molecule has 1 aliphatic rings. The summed E-state index contributed by atoms with van der Waals surface area (Å²) in [5.74, 6) is 1.09. The number of piperazine rings is 1. The molecule has 0 unspecified atom stereocenters. The van der Waals surface area contributed by atoms with Gasteiger partial charge in [0.1, 0.15) is 5.82 Å². The Balaban J connectivity index is 1.97. The van der Waals surface area contributed by atoms with Gasteiger partial charge in [-0.05, 0) is 33.0 Å². The Hall–Kier alpha value is -1.29. The number of nitrogens with zero attached hydrogens (tertiary/aromatic N) is 3. The largest absolute Gasteiger partial charge is 0.382 e. The van der Waals surface area contributed by atoms with Crippen molar-refractivity contribution in [1.82, 2.24) is 9.88 Å². The van der Waals surface area contributed by atoms with Crippen LogP contribution in [-0.2, 0) is 0 Å². The highest BCUT2D eigenvalue weighted by Gasteiger charge is 2.14. The van der Waals surface area contributed by atoms with E-state index in [4.69, 9.17) is 0 Å². The van der Waals surface area contributed by atoms with Crippen molar-refractivity contribution in [1.29, 1.82) is 0 Å². The average molecular weight is 234 g/mol. The highest BCUT2D eigenvalue weighted by atomic mass is 15.3. The maximum atomic E-state index is 4.53. The molecule has 0 spiro atoms. The minimum Gasteiger partial charge on any atom is -0.382 e. The normalized spacial score (nSPS) is 17.5. The van der Waals surface area contributed by atoms with E-state index in [0.29, 0.717) is 6.04 Å². The first-order chi connectivity index (χ1) is 8.15. The fourth-order valence-corrected chi connectivity index (χ4v) is 2.03. The van der Waals surface area contributed by atoms with Gasteiger partial charge in [0.15, 0.2) is 0 Å². The van der Waals surface area contributed by atoms with Crippen molar-refractivity contribution in [2.75, 3.05) is 43.4 Å². The molecule has 0 atom stereocenters. The van der Waals surface area contributed by atoms with Crippen LogP contribution in [0.3, 0.4) is 0 Å². The van der Waals surface area contributed by atoms with E-state index < -0.39 is 0 Å². The van der Waals surface area contributed by atoms with E-state index in [2.05, 4.69) is 53.1 Å². The summed E-state index contributed by atoms with van der Waals surface area (Å²) in [6.45, 7) is 8.64. The van der Waals surface area contributed by atoms with Gasteiger partial charge in [0.05, 0.1) is 11.9 Å². The van der Waals surface area contributed by atoms with Crippen LogP contribution in [0.25, 0.3) is 0 Å². The molecule has 0 aliphatic carbocycles. The SMILES string of the molecule is CC(C)Nc1ccc(N2CCN(C)CC2)nc1. The number of hydrogen-bond acceptors (Lipinski definition) is 4. The number of rotatable bonds is 3. The number of nitrogens with one attached hydrogen (secondary N) is 1. The van der Waals surface area contributed by atoms with Crippen LogP contribution in [0, 0.1) is 0 Å². The summed E-state index contributed by atoms with van der Waals surface area (Å²) in [5.41, 5.74) is 1.10. The Kier molecular flexibility index (Phi) is 3.84. The summed E-state index contributed by atoms with van der Waals surface area (Å²) in [6.07, 6.45) is 1.92. The Morgan fingerprint density at radius 1 is 1.18 bits per heavy atom. The van der Waals surface area contributed by atoms with Gasteiger partial charge in [-0.1, -0.05) is 0 Å². The van der Waals surface area contributed by atoms with Crippen molar-refractivity contribution in [3.05, 3.63) is 18.3 Å². The van der Waals surface area contributed by atoms with Gasteiger partial charge >= 0.3 is 0 Å². The first-order valence-corrected chi connectivity index (χ1v) is 6.31. The molecule has 0 radical (unpaired) electrons. The highest BCUT2D eigenvalue weighted by Crippen LogP contribution is 2.16. The zero-order valence-electron chi connectivity index (χ0n) is 11.0. The van der Waals surface area contributed by atoms with Gasteiger partial charge in [0, 0.05) is 32.2 Å². The second-order valence-corrected chi connectivity index (χ2v) is 4.99. The molecule has 0 aromatic carbocycles. The number of anilines is 2. The molecule has 1 fully saturated rings. The highest BCUT2D eigenvalue weighted by molar-refractivity contribution is 5.49. The molecule has 4 nitrogen and oxygen atoms in total. The Morgan fingerprint density at radius 3 is 2.41 bits per heavy atom. The van der Waals surface area contributed by atoms with Crippen LogP contribution in [0.1, 0.15) is 13.8 Å². The average Bonchev–Trinajstić information content (AvgIpc) is 2.30. The fraction of sp³-hybridized carbons (Fsp3) is 0.615. The van der Waals surface area contributed by atoms with E-state index in [0.717, 1.165) is 37.7 Å². The Bertz CT molecular complexity index is 339. The third-order valence-corrected chi connectivity index (χ3v) is 3.03. The van der Waals surface area contributed by atoms with Crippen molar-refractivity contribution in [3.8, 4) is 0 Å². The summed E-state index contributed by atoms with van der Waals surface area (Å²) in [4.78, 5) is 9.22. The lowest BCUT2D eigenvalue weighted by atomic mass is 10.3. The van der Waals surface area contributed by atoms with E-state index in [9.17, 15) is 0 Å². The maximum Gasteiger partial charge on any atom is 0.128 e. The van der Waals surface area contributed by atoms with Gasteiger partial charge in [-0.3, -0.25) is 0 Å². The molecule has 4 heteroatoms. The minimum absolute atomic E-state index is 0.450. The van der Waals surface area contributed by atoms with Gasteiger partial charge in [-0.2, -0.15) is 0 Å². The van der Waals surface area contributed by atoms with Crippen LogP contribution in [0.5, 0.6) is 0 Å². The number of pyridine rings is 1. The molecule has 1 N–H and O–H groups in total. The monoisotopic (exact) mass is 234 g/mol. The molecule has 94 valence electrons. The summed E-state index contributed by atoms with van der Waals surface area (Å²) in [7, 11) is 2.17. The maximum absolute atomic E-state index is 4.53. The Labute approximate surface area is 104 Å². The summed E-state index contributed by atoms with van der Waals surface area (Å²) >= 11 is 0. The van der Waals surface area contributed by atoms with Crippen LogP contribution in [0.2, 0.25) is 0 Å². The van der Waals surface area contributed by atoms with Crippen molar-refractivity contribution >= 4 is 11.5 Å². The van der Waals surface area contributed by atoms with E-state index in [1.807, 2.05) is 6.20 Å². The van der Waals surface area contributed by atoms with Crippen LogP contribution in [-0.4, -0.2) is 49.2 Å². The van der Waals surface area contributed by atoms with Crippen LogP contribution in [0.4, 0.5) is 11.5 Å². The molecule has 17 heavy (non-hydrogen) atoms. The van der Waals surface area contributed by atoms with Gasteiger partial charge < -0.3 is 15.1 Å². The summed E-state index contributed by atoms with van der Waals surface area (Å²) in [6, 6.07) is 4.67. The second kappa shape index (κ2) is 5.36. The van der Waals surface area contributed by atoms with Crippen LogP contribution in [0.15, 0.2) is 18.3 Å². The summed E-state index contributed by atoms with van der Waals surface area (Å²) in [5, 5.41) is 3.35. The quantitative estimate of drug-likeness (QED) is 0.862.